The molecule has 2 N–H and O–H groups in total. The van der Waals surface area contributed by atoms with Crippen LogP contribution in [0.25, 0.3) is 0 Å². The van der Waals surface area contributed by atoms with Gasteiger partial charge in [-0.05, 0) is 24.6 Å². The Morgan fingerprint density at radius 2 is 2.10 bits per heavy atom. The van der Waals surface area contributed by atoms with Crippen molar-refractivity contribution in [2.45, 2.75) is 19.5 Å². The average Bonchev–Trinajstić information content (AvgIpc) is 2.41. The molecular formula is C14H16BrN3O2. The van der Waals surface area contributed by atoms with E-state index in [9.17, 15) is 4.79 Å². The van der Waals surface area contributed by atoms with Gasteiger partial charge in [0, 0.05) is 16.6 Å². The van der Waals surface area contributed by atoms with Crippen molar-refractivity contribution in [2.24, 2.45) is 5.73 Å². The predicted molar refractivity (Wildman–Crippen MR) is 80.9 cm³/mol. The van der Waals surface area contributed by atoms with E-state index in [1.807, 2.05) is 31.2 Å². The fourth-order valence-corrected chi connectivity index (χ4v) is 1.87. The van der Waals surface area contributed by atoms with Crippen LogP contribution in [0.5, 0.6) is 5.75 Å². The number of aromatic nitrogens is 2. The Morgan fingerprint density at radius 1 is 1.40 bits per heavy atom. The minimum atomic E-state index is -0.199. The van der Waals surface area contributed by atoms with Crippen LogP contribution in [0, 0.1) is 0 Å². The molecule has 2 aromatic rings. The molecular weight excluding hydrogens is 322 g/mol. The van der Waals surface area contributed by atoms with E-state index in [0.29, 0.717) is 18.9 Å². The van der Waals surface area contributed by atoms with Gasteiger partial charge in [-0.1, -0.05) is 28.1 Å². The van der Waals surface area contributed by atoms with Crippen LogP contribution in [0.2, 0.25) is 0 Å². The lowest BCUT2D eigenvalue weighted by molar-refractivity contribution is 0.293. The van der Waals surface area contributed by atoms with E-state index in [1.54, 1.807) is 0 Å². The van der Waals surface area contributed by atoms with Crippen LogP contribution >= 0.6 is 15.9 Å². The van der Waals surface area contributed by atoms with Crippen molar-refractivity contribution in [2.75, 3.05) is 6.61 Å². The number of hydrogen-bond donors (Lipinski definition) is 1. The van der Waals surface area contributed by atoms with E-state index in [1.165, 1.54) is 16.9 Å². The van der Waals surface area contributed by atoms with E-state index < -0.39 is 0 Å². The number of nitrogens with two attached hydrogens (primary N) is 1. The van der Waals surface area contributed by atoms with E-state index in [0.717, 1.165) is 10.0 Å². The monoisotopic (exact) mass is 337 g/mol. The van der Waals surface area contributed by atoms with Crippen LogP contribution in [0.4, 0.5) is 0 Å². The molecule has 1 aromatic carbocycles. The average molecular weight is 338 g/mol. The van der Waals surface area contributed by atoms with E-state index in [-0.39, 0.29) is 11.6 Å². The fourth-order valence-electron chi connectivity index (χ4n) is 1.61. The smallest absolute Gasteiger partial charge is 0.270 e. The van der Waals surface area contributed by atoms with Gasteiger partial charge in [0.15, 0.2) is 0 Å². The van der Waals surface area contributed by atoms with Crippen LogP contribution < -0.4 is 16.0 Å². The third-order valence-electron chi connectivity index (χ3n) is 2.60. The van der Waals surface area contributed by atoms with Crippen LogP contribution in [0.3, 0.4) is 0 Å². The molecule has 0 saturated heterocycles. The zero-order valence-corrected chi connectivity index (χ0v) is 12.7. The highest BCUT2D eigenvalue weighted by Crippen LogP contribution is 2.11. The Kier molecular flexibility index (Phi) is 4.92. The summed E-state index contributed by atoms with van der Waals surface area (Å²) in [6, 6.07) is 9.09. The second kappa shape index (κ2) is 6.67. The number of halogens is 1. The summed E-state index contributed by atoms with van der Waals surface area (Å²) >= 11 is 3.37. The zero-order valence-electron chi connectivity index (χ0n) is 11.1. The van der Waals surface area contributed by atoms with Gasteiger partial charge >= 0.3 is 0 Å². The van der Waals surface area contributed by atoms with Gasteiger partial charge in [-0.25, -0.2) is 4.68 Å². The van der Waals surface area contributed by atoms with Crippen molar-refractivity contribution in [3.05, 3.63) is 56.9 Å². The van der Waals surface area contributed by atoms with Gasteiger partial charge in [0.1, 0.15) is 12.4 Å². The molecule has 1 aromatic heterocycles. The Bertz CT molecular complexity index is 623. The minimum absolute atomic E-state index is 0.0832. The summed E-state index contributed by atoms with van der Waals surface area (Å²) in [7, 11) is 0. The van der Waals surface area contributed by atoms with E-state index >= 15 is 0 Å². The van der Waals surface area contributed by atoms with Gasteiger partial charge in [-0.2, -0.15) is 5.10 Å². The highest BCUT2D eigenvalue weighted by molar-refractivity contribution is 9.10. The maximum Gasteiger partial charge on any atom is 0.270 e. The lowest BCUT2D eigenvalue weighted by Crippen LogP contribution is -2.26. The molecule has 106 valence electrons. The second-order valence-electron chi connectivity index (χ2n) is 4.60. The lowest BCUT2D eigenvalue weighted by Gasteiger charge is -2.09. The van der Waals surface area contributed by atoms with Gasteiger partial charge in [-0.15, -0.1) is 0 Å². The second-order valence-corrected chi connectivity index (χ2v) is 5.52. The van der Waals surface area contributed by atoms with Gasteiger partial charge < -0.3 is 10.5 Å². The first kappa shape index (κ1) is 14.7. The largest absolute Gasteiger partial charge is 0.490 e. The van der Waals surface area contributed by atoms with E-state index in [4.69, 9.17) is 10.5 Å². The Hall–Kier alpha value is -1.66. The van der Waals surface area contributed by atoms with Crippen molar-refractivity contribution >= 4 is 15.9 Å². The molecule has 1 atom stereocenters. The quantitative estimate of drug-likeness (QED) is 0.902. The molecule has 0 aliphatic rings. The van der Waals surface area contributed by atoms with E-state index in [2.05, 4.69) is 21.0 Å². The molecule has 1 unspecified atom stereocenters. The van der Waals surface area contributed by atoms with Crippen molar-refractivity contribution in [1.82, 2.24) is 9.78 Å². The maximum absolute atomic E-state index is 11.9. The highest BCUT2D eigenvalue weighted by Gasteiger charge is 2.03. The van der Waals surface area contributed by atoms with Crippen molar-refractivity contribution < 1.29 is 4.74 Å². The molecule has 0 spiro atoms. The molecule has 1 heterocycles. The number of hydrogen-bond acceptors (Lipinski definition) is 4. The van der Waals surface area contributed by atoms with Crippen LogP contribution in [0.1, 0.15) is 12.5 Å². The first-order valence-corrected chi connectivity index (χ1v) is 7.04. The Morgan fingerprint density at radius 3 is 2.70 bits per heavy atom. The molecule has 0 saturated carbocycles. The summed E-state index contributed by atoms with van der Waals surface area (Å²) < 4.78 is 7.75. The number of rotatable bonds is 5. The normalized spacial score (nSPS) is 12.2. The first-order valence-electron chi connectivity index (χ1n) is 6.24. The molecule has 0 radical (unpaired) electrons. The summed E-state index contributed by atoms with van der Waals surface area (Å²) in [5.74, 6) is 0.444. The molecule has 0 bridgehead atoms. The highest BCUT2D eigenvalue weighted by atomic mass is 79.9. The maximum atomic E-state index is 11.9. The summed E-state index contributed by atoms with van der Waals surface area (Å²) in [5, 5.41) is 4.10. The number of nitrogens with zero attached hydrogens (tertiary/aromatic N) is 2. The lowest BCUT2D eigenvalue weighted by atomic mass is 10.2. The predicted octanol–water partition coefficient (Wildman–Crippen LogP) is 1.78. The fraction of sp³-hybridized carbons (Fsp3) is 0.286. The van der Waals surface area contributed by atoms with Crippen molar-refractivity contribution in [3.8, 4) is 5.75 Å². The SMILES string of the molecule is CC(N)COc1cnn(Cc2ccc(Br)cc2)c(=O)c1. The molecule has 0 fully saturated rings. The van der Waals surface area contributed by atoms with Gasteiger partial charge in [-0.3, -0.25) is 4.79 Å². The van der Waals surface area contributed by atoms with Gasteiger partial charge in [0.25, 0.3) is 5.56 Å². The molecule has 0 amide bonds. The van der Waals surface area contributed by atoms with Crippen LogP contribution in [-0.4, -0.2) is 22.4 Å². The Balaban J connectivity index is 2.09. The van der Waals surface area contributed by atoms with Crippen LogP contribution in [-0.2, 0) is 6.54 Å². The van der Waals surface area contributed by atoms with Gasteiger partial charge in [0.2, 0.25) is 0 Å². The van der Waals surface area contributed by atoms with Crippen molar-refractivity contribution in [3.63, 3.8) is 0 Å². The third kappa shape index (κ3) is 4.18. The summed E-state index contributed by atoms with van der Waals surface area (Å²) in [6.45, 7) is 2.62. The summed E-state index contributed by atoms with van der Waals surface area (Å²) in [6.07, 6.45) is 1.53. The third-order valence-corrected chi connectivity index (χ3v) is 3.13. The summed E-state index contributed by atoms with van der Waals surface area (Å²) in [5.41, 5.74) is 6.40. The molecule has 0 aliphatic heterocycles. The topological polar surface area (TPSA) is 70.1 Å². The molecule has 20 heavy (non-hydrogen) atoms. The molecule has 6 heteroatoms. The minimum Gasteiger partial charge on any atom is -0.490 e. The van der Waals surface area contributed by atoms with Gasteiger partial charge in [0.05, 0.1) is 12.7 Å². The van der Waals surface area contributed by atoms with Crippen LogP contribution in [0.15, 0.2) is 45.8 Å². The zero-order chi connectivity index (χ0) is 14.5. The first-order chi connectivity index (χ1) is 9.54. The molecule has 0 aliphatic carbocycles. The standard InChI is InChI=1S/C14H16BrN3O2/c1-10(16)9-20-13-6-14(19)18(17-7-13)8-11-2-4-12(15)5-3-11/h2-7,10H,8-9,16H2,1H3. The van der Waals surface area contributed by atoms with Crippen molar-refractivity contribution in [1.29, 1.82) is 0 Å². The number of ether oxygens (including phenoxy) is 1. The molecule has 5 nitrogen and oxygen atoms in total. The number of benzene rings is 1. The Labute approximate surface area is 125 Å². The molecule has 2 rings (SSSR count). The summed E-state index contributed by atoms with van der Waals surface area (Å²) in [4.78, 5) is 11.9.